The van der Waals surface area contributed by atoms with Gasteiger partial charge in [0.1, 0.15) is 0 Å². The summed E-state index contributed by atoms with van der Waals surface area (Å²) in [5.41, 5.74) is 3.08. The second-order valence-electron chi connectivity index (χ2n) is 8.42. The maximum atomic E-state index is 12.9. The minimum absolute atomic E-state index is 0.0976. The van der Waals surface area contributed by atoms with Crippen LogP contribution in [0.15, 0.2) is 73.3 Å². The summed E-state index contributed by atoms with van der Waals surface area (Å²) < 4.78 is 29.2. The molecule has 1 amide bonds. The number of piperidine rings is 1. The zero-order valence-electron chi connectivity index (χ0n) is 18.6. The van der Waals surface area contributed by atoms with E-state index in [4.69, 9.17) is 0 Å². The van der Waals surface area contributed by atoms with Gasteiger partial charge in [0.25, 0.3) is 0 Å². The summed E-state index contributed by atoms with van der Waals surface area (Å²) in [5, 5.41) is 3.01. The highest BCUT2D eigenvalue weighted by Crippen LogP contribution is 2.21. The lowest BCUT2D eigenvalue weighted by molar-refractivity contribution is -0.126. The lowest BCUT2D eigenvalue weighted by atomic mass is 9.98. The third-order valence-electron chi connectivity index (χ3n) is 6.09. The summed E-state index contributed by atoms with van der Waals surface area (Å²) in [6.07, 6.45) is 8.00. The van der Waals surface area contributed by atoms with Gasteiger partial charge in [0.05, 0.1) is 23.7 Å². The molecule has 1 aliphatic rings. The van der Waals surface area contributed by atoms with Crippen molar-refractivity contribution in [1.82, 2.24) is 19.2 Å². The molecule has 0 bridgehead atoms. The van der Waals surface area contributed by atoms with E-state index in [1.54, 1.807) is 12.5 Å². The predicted octanol–water partition coefficient (Wildman–Crippen LogP) is 3.16. The summed E-state index contributed by atoms with van der Waals surface area (Å²) in [6, 6.07) is 17.7. The Morgan fingerprint density at radius 3 is 2.67 bits per heavy atom. The van der Waals surface area contributed by atoms with E-state index >= 15 is 0 Å². The first-order chi connectivity index (χ1) is 16.0. The van der Waals surface area contributed by atoms with Gasteiger partial charge in [-0.25, -0.2) is 17.7 Å². The molecule has 1 saturated heterocycles. The van der Waals surface area contributed by atoms with Gasteiger partial charge >= 0.3 is 0 Å². The van der Waals surface area contributed by atoms with E-state index in [1.807, 2.05) is 65.4 Å². The molecule has 1 aromatic heterocycles. The first-order valence-corrected chi connectivity index (χ1v) is 13.0. The number of imidazole rings is 1. The van der Waals surface area contributed by atoms with Crippen LogP contribution in [0.5, 0.6) is 0 Å². The third kappa shape index (κ3) is 6.09. The molecule has 2 heterocycles. The van der Waals surface area contributed by atoms with Crippen molar-refractivity contribution < 1.29 is 13.2 Å². The van der Waals surface area contributed by atoms with Crippen LogP contribution in [0.25, 0.3) is 5.69 Å². The van der Waals surface area contributed by atoms with E-state index in [0.29, 0.717) is 32.4 Å². The Hall–Kier alpha value is -2.97. The average molecular weight is 467 g/mol. The number of aryl methyl sites for hydroxylation is 1. The van der Waals surface area contributed by atoms with Crippen LogP contribution in [0.3, 0.4) is 0 Å². The van der Waals surface area contributed by atoms with Crippen molar-refractivity contribution >= 4 is 15.9 Å². The minimum Gasteiger partial charge on any atom is -0.352 e. The van der Waals surface area contributed by atoms with Gasteiger partial charge in [-0.05, 0) is 42.9 Å². The Kier molecular flexibility index (Phi) is 7.57. The number of hydrogen-bond donors (Lipinski definition) is 1. The van der Waals surface area contributed by atoms with Crippen LogP contribution in [0.2, 0.25) is 0 Å². The summed E-state index contributed by atoms with van der Waals surface area (Å²) in [4.78, 5) is 17.0. The molecule has 8 heteroatoms. The van der Waals surface area contributed by atoms with Crippen molar-refractivity contribution in [3.8, 4) is 5.69 Å². The maximum absolute atomic E-state index is 12.9. The van der Waals surface area contributed by atoms with Gasteiger partial charge in [-0.2, -0.15) is 0 Å². The second-order valence-corrected chi connectivity index (χ2v) is 10.5. The van der Waals surface area contributed by atoms with E-state index in [0.717, 1.165) is 23.2 Å². The largest absolute Gasteiger partial charge is 0.352 e. The van der Waals surface area contributed by atoms with Crippen LogP contribution < -0.4 is 5.32 Å². The molecule has 1 aliphatic heterocycles. The van der Waals surface area contributed by atoms with E-state index in [9.17, 15) is 13.2 Å². The number of rotatable bonds is 9. The number of nitrogens with one attached hydrogen (secondary N) is 1. The van der Waals surface area contributed by atoms with Crippen molar-refractivity contribution in [1.29, 1.82) is 0 Å². The highest BCUT2D eigenvalue weighted by atomic mass is 32.2. The first kappa shape index (κ1) is 23.2. The Balaban J connectivity index is 1.31. The molecule has 0 saturated carbocycles. The molecular weight excluding hydrogens is 436 g/mol. The van der Waals surface area contributed by atoms with Crippen molar-refractivity contribution in [2.24, 2.45) is 5.92 Å². The smallest absolute Gasteiger partial charge is 0.224 e. The average Bonchev–Trinajstić information content (AvgIpc) is 3.38. The molecule has 2 aromatic carbocycles. The standard InChI is InChI=1S/C25H30N4O3S/c30-25(27-18-22-11-4-5-13-24(22)28-16-14-26-20-28)23-12-6-15-29(19-23)33(31,32)17-7-10-21-8-2-1-3-9-21/h1-5,8-9,11,13-14,16,20,23H,6-7,10,12,15,17-19H2,(H,27,30)/t23-/m0/s1. The second kappa shape index (κ2) is 10.8. The SMILES string of the molecule is O=C(NCc1ccccc1-n1ccnc1)[C@H]1CCCN(S(=O)(=O)CCCc2ccccc2)C1. The Morgan fingerprint density at radius 1 is 1.09 bits per heavy atom. The Bertz CT molecular complexity index is 1150. The molecule has 0 aliphatic carbocycles. The van der Waals surface area contributed by atoms with E-state index in [1.165, 1.54) is 4.31 Å². The summed E-state index contributed by atoms with van der Waals surface area (Å²) in [6.45, 7) is 1.12. The number of aromatic nitrogens is 2. The highest BCUT2D eigenvalue weighted by molar-refractivity contribution is 7.89. The molecule has 3 aromatic rings. The Labute approximate surface area is 195 Å². The maximum Gasteiger partial charge on any atom is 0.224 e. The van der Waals surface area contributed by atoms with E-state index in [2.05, 4.69) is 10.3 Å². The zero-order valence-corrected chi connectivity index (χ0v) is 19.5. The fourth-order valence-electron chi connectivity index (χ4n) is 4.28. The van der Waals surface area contributed by atoms with Gasteiger partial charge in [-0.15, -0.1) is 0 Å². The normalized spacial score (nSPS) is 17.0. The number of nitrogens with zero attached hydrogens (tertiary/aromatic N) is 3. The number of para-hydroxylation sites is 1. The van der Waals surface area contributed by atoms with Crippen molar-refractivity contribution in [2.75, 3.05) is 18.8 Å². The predicted molar refractivity (Wildman–Crippen MR) is 128 cm³/mol. The topological polar surface area (TPSA) is 84.3 Å². The van der Waals surface area contributed by atoms with Gasteiger partial charge in [-0.3, -0.25) is 4.79 Å². The highest BCUT2D eigenvalue weighted by Gasteiger charge is 2.32. The lowest BCUT2D eigenvalue weighted by Crippen LogP contribution is -2.46. The molecule has 0 radical (unpaired) electrons. The zero-order chi connectivity index (χ0) is 23.1. The molecular formula is C25H30N4O3S. The number of benzene rings is 2. The summed E-state index contributed by atoms with van der Waals surface area (Å²) >= 11 is 0. The first-order valence-electron chi connectivity index (χ1n) is 11.4. The van der Waals surface area contributed by atoms with Crippen LogP contribution >= 0.6 is 0 Å². The fourth-order valence-corrected chi connectivity index (χ4v) is 5.86. The van der Waals surface area contributed by atoms with E-state index < -0.39 is 10.0 Å². The number of amides is 1. The number of sulfonamides is 1. The quantitative estimate of drug-likeness (QED) is 0.525. The van der Waals surface area contributed by atoms with Gasteiger partial charge in [0.2, 0.25) is 15.9 Å². The van der Waals surface area contributed by atoms with Gasteiger partial charge < -0.3 is 9.88 Å². The van der Waals surface area contributed by atoms with Crippen molar-refractivity contribution in [3.63, 3.8) is 0 Å². The number of hydrogen-bond acceptors (Lipinski definition) is 4. The number of carbonyl (C=O) groups excluding carboxylic acids is 1. The minimum atomic E-state index is -3.38. The molecule has 1 atom stereocenters. The van der Waals surface area contributed by atoms with Crippen molar-refractivity contribution in [3.05, 3.63) is 84.4 Å². The monoisotopic (exact) mass is 466 g/mol. The van der Waals surface area contributed by atoms with Crippen LogP contribution in [-0.4, -0.2) is 47.0 Å². The molecule has 7 nitrogen and oxygen atoms in total. The third-order valence-corrected chi connectivity index (χ3v) is 8.01. The van der Waals surface area contributed by atoms with Crippen LogP contribution in [-0.2, 0) is 27.8 Å². The molecule has 0 spiro atoms. The van der Waals surface area contributed by atoms with Gasteiger partial charge in [0.15, 0.2) is 0 Å². The molecule has 0 unspecified atom stereocenters. The molecule has 33 heavy (non-hydrogen) atoms. The summed E-state index contributed by atoms with van der Waals surface area (Å²) in [5.74, 6) is -0.322. The molecule has 1 fully saturated rings. The summed E-state index contributed by atoms with van der Waals surface area (Å²) in [7, 11) is -3.38. The fraction of sp³-hybridized carbons (Fsp3) is 0.360. The van der Waals surface area contributed by atoms with Gasteiger partial charge in [0, 0.05) is 32.0 Å². The molecule has 1 N–H and O–H groups in total. The van der Waals surface area contributed by atoms with Gasteiger partial charge in [-0.1, -0.05) is 48.5 Å². The van der Waals surface area contributed by atoms with Crippen LogP contribution in [0.4, 0.5) is 0 Å². The van der Waals surface area contributed by atoms with Crippen LogP contribution in [0, 0.1) is 5.92 Å². The lowest BCUT2D eigenvalue weighted by Gasteiger charge is -2.31. The van der Waals surface area contributed by atoms with Crippen LogP contribution in [0.1, 0.15) is 30.4 Å². The van der Waals surface area contributed by atoms with Crippen molar-refractivity contribution in [2.45, 2.75) is 32.2 Å². The molecule has 4 rings (SSSR count). The Morgan fingerprint density at radius 2 is 1.88 bits per heavy atom. The molecule has 174 valence electrons. The van der Waals surface area contributed by atoms with E-state index in [-0.39, 0.29) is 24.1 Å². The number of carbonyl (C=O) groups is 1.